The van der Waals surface area contributed by atoms with Gasteiger partial charge < -0.3 is 4.74 Å². The number of likely N-dealkylation sites (N-methyl/N-ethyl adjacent to an activating group) is 1. The van der Waals surface area contributed by atoms with E-state index in [2.05, 4.69) is 5.10 Å². The summed E-state index contributed by atoms with van der Waals surface area (Å²) < 4.78 is 31.9. The fourth-order valence-electron chi connectivity index (χ4n) is 1.31. The Balaban J connectivity index is 2.75. The van der Waals surface area contributed by atoms with Gasteiger partial charge in [0.25, 0.3) is 10.0 Å². The lowest BCUT2D eigenvalue weighted by molar-refractivity contribution is 0.140. The van der Waals surface area contributed by atoms with Crippen molar-refractivity contribution in [3.05, 3.63) is 11.2 Å². The molecule has 1 heterocycles. The average Bonchev–Trinajstić information content (AvgIpc) is 2.64. The summed E-state index contributed by atoms with van der Waals surface area (Å²) in [6.45, 7) is 0.889. The van der Waals surface area contributed by atoms with Crippen LogP contribution in [0.3, 0.4) is 0 Å². The maximum atomic E-state index is 12.2. The van der Waals surface area contributed by atoms with Gasteiger partial charge in [-0.05, 0) is 0 Å². The monoisotopic (exact) mass is 315 g/mol. The van der Waals surface area contributed by atoms with E-state index in [-0.39, 0.29) is 23.2 Å². The van der Waals surface area contributed by atoms with Crippen LogP contribution in [0.15, 0.2) is 11.2 Å². The SMILES string of the molecule is CN(CCOCCCl)S(=O)(=O)c1c(Cl)cnn1C. The highest BCUT2D eigenvalue weighted by molar-refractivity contribution is 7.89. The second kappa shape index (κ2) is 6.72. The summed E-state index contributed by atoms with van der Waals surface area (Å²) >= 11 is 11.3. The molecule has 0 aliphatic heterocycles. The van der Waals surface area contributed by atoms with Crippen LogP contribution in [0.2, 0.25) is 5.02 Å². The van der Waals surface area contributed by atoms with Gasteiger partial charge in [-0.25, -0.2) is 8.42 Å². The first-order chi connectivity index (χ1) is 8.41. The largest absolute Gasteiger partial charge is 0.379 e. The summed E-state index contributed by atoms with van der Waals surface area (Å²) in [6, 6.07) is 0. The van der Waals surface area contributed by atoms with Crippen molar-refractivity contribution < 1.29 is 13.2 Å². The lowest BCUT2D eigenvalue weighted by atomic mass is 10.7. The topological polar surface area (TPSA) is 64.4 Å². The van der Waals surface area contributed by atoms with Crippen molar-refractivity contribution in [2.75, 3.05) is 32.7 Å². The van der Waals surface area contributed by atoms with Gasteiger partial charge in [0, 0.05) is 26.5 Å². The predicted octanol–water partition coefficient (Wildman–Crippen LogP) is 0.949. The zero-order valence-corrected chi connectivity index (χ0v) is 12.5. The van der Waals surface area contributed by atoms with Crippen molar-refractivity contribution in [3.63, 3.8) is 0 Å². The lowest BCUT2D eigenvalue weighted by Gasteiger charge is -2.17. The first-order valence-electron chi connectivity index (χ1n) is 5.18. The molecule has 104 valence electrons. The smallest absolute Gasteiger partial charge is 0.261 e. The molecule has 0 saturated carbocycles. The Labute approximate surface area is 116 Å². The van der Waals surface area contributed by atoms with Crippen LogP contribution >= 0.6 is 23.2 Å². The van der Waals surface area contributed by atoms with Gasteiger partial charge >= 0.3 is 0 Å². The highest BCUT2D eigenvalue weighted by atomic mass is 35.5. The summed E-state index contributed by atoms with van der Waals surface area (Å²) in [4.78, 5) is 0. The third kappa shape index (κ3) is 3.58. The minimum atomic E-state index is -3.66. The van der Waals surface area contributed by atoms with Gasteiger partial charge in [0.2, 0.25) is 0 Å². The Hall–Kier alpha value is -0.340. The molecule has 0 N–H and O–H groups in total. The van der Waals surface area contributed by atoms with Crippen molar-refractivity contribution in [1.29, 1.82) is 0 Å². The van der Waals surface area contributed by atoms with Gasteiger partial charge in [0.1, 0.15) is 0 Å². The van der Waals surface area contributed by atoms with Crippen LogP contribution in [0.4, 0.5) is 0 Å². The number of ether oxygens (including phenoxy) is 1. The highest BCUT2D eigenvalue weighted by Crippen LogP contribution is 2.22. The Kier molecular flexibility index (Phi) is 5.87. The molecule has 1 rings (SSSR count). The maximum Gasteiger partial charge on any atom is 0.261 e. The fraction of sp³-hybridized carbons (Fsp3) is 0.667. The molecular formula is C9H15Cl2N3O3S. The van der Waals surface area contributed by atoms with E-state index in [1.54, 1.807) is 0 Å². The van der Waals surface area contributed by atoms with Gasteiger partial charge in [-0.2, -0.15) is 9.40 Å². The van der Waals surface area contributed by atoms with Crippen molar-refractivity contribution in [2.24, 2.45) is 7.05 Å². The summed E-state index contributed by atoms with van der Waals surface area (Å²) in [5.74, 6) is 0.379. The molecular weight excluding hydrogens is 301 g/mol. The van der Waals surface area contributed by atoms with Crippen LogP contribution in [-0.4, -0.2) is 55.2 Å². The molecule has 1 aromatic rings. The molecule has 0 aliphatic carbocycles. The Bertz CT molecular complexity index is 470. The number of hydrogen-bond donors (Lipinski definition) is 0. The van der Waals surface area contributed by atoms with E-state index in [1.807, 2.05) is 0 Å². The molecule has 0 unspecified atom stereocenters. The molecule has 18 heavy (non-hydrogen) atoms. The Morgan fingerprint density at radius 2 is 2.17 bits per heavy atom. The number of rotatable bonds is 7. The van der Waals surface area contributed by atoms with E-state index in [9.17, 15) is 8.42 Å². The number of aromatic nitrogens is 2. The molecule has 1 aromatic heterocycles. The summed E-state index contributed by atoms with van der Waals surface area (Å²) in [5.41, 5.74) is 0. The number of aryl methyl sites for hydroxylation is 1. The quantitative estimate of drug-likeness (QED) is 0.555. The standard InChI is InChI=1S/C9H15Cl2N3O3S/c1-13(4-6-17-5-3-10)18(15,16)9-8(11)7-12-14(9)2/h7H,3-6H2,1-2H3. The van der Waals surface area contributed by atoms with E-state index >= 15 is 0 Å². The number of hydrogen-bond acceptors (Lipinski definition) is 4. The third-order valence-corrected chi connectivity index (χ3v) is 4.79. The first-order valence-corrected chi connectivity index (χ1v) is 7.54. The summed E-state index contributed by atoms with van der Waals surface area (Å²) in [6.07, 6.45) is 1.30. The van der Waals surface area contributed by atoms with Gasteiger partial charge in [-0.15, -0.1) is 11.6 Å². The van der Waals surface area contributed by atoms with E-state index in [0.29, 0.717) is 12.5 Å². The molecule has 0 radical (unpaired) electrons. The molecule has 0 bridgehead atoms. The van der Waals surface area contributed by atoms with E-state index in [1.165, 1.54) is 29.3 Å². The molecule has 6 nitrogen and oxygen atoms in total. The summed E-state index contributed by atoms with van der Waals surface area (Å²) in [7, 11) is -0.670. The van der Waals surface area contributed by atoms with E-state index < -0.39 is 10.0 Å². The van der Waals surface area contributed by atoms with E-state index in [4.69, 9.17) is 27.9 Å². The van der Waals surface area contributed by atoms with Gasteiger partial charge in [0.05, 0.1) is 24.4 Å². The minimum absolute atomic E-state index is 0.0241. The van der Waals surface area contributed by atoms with Gasteiger partial charge in [-0.1, -0.05) is 11.6 Å². The fourth-order valence-corrected chi connectivity index (χ4v) is 3.17. The molecule has 0 atom stereocenters. The van der Waals surface area contributed by atoms with Crippen LogP contribution in [0.25, 0.3) is 0 Å². The number of halogens is 2. The van der Waals surface area contributed by atoms with Gasteiger partial charge in [0.15, 0.2) is 5.03 Å². The summed E-state index contributed by atoms with van der Waals surface area (Å²) in [5, 5.41) is 3.88. The predicted molar refractivity (Wildman–Crippen MR) is 69.6 cm³/mol. The lowest BCUT2D eigenvalue weighted by Crippen LogP contribution is -2.32. The van der Waals surface area contributed by atoms with Crippen LogP contribution in [0.1, 0.15) is 0 Å². The molecule has 0 fully saturated rings. The van der Waals surface area contributed by atoms with E-state index in [0.717, 1.165) is 0 Å². The average molecular weight is 316 g/mol. The molecule has 0 amide bonds. The third-order valence-electron chi connectivity index (χ3n) is 2.27. The highest BCUT2D eigenvalue weighted by Gasteiger charge is 2.27. The zero-order valence-electron chi connectivity index (χ0n) is 10.1. The van der Waals surface area contributed by atoms with Crippen molar-refractivity contribution in [2.45, 2.75) is 5.03 Å². The van der Waals surface area contributed by atoms with Crippen molar-refractivity contribution >= 4 is 33.2 Å². The second-order valence-corrected chi connectivity index (χ2v) is 6.29. The van der Waals surface area contributed by atoms with Crippen LogP contribution in [0, 0.1) is 0 Å². The number of sulfonamides is 1. The normalized spacial score (nSPS) is 12.3. The van der Waals surface area contributed by atoms with Crippen molar-refractivity contribution in [1.82, 2.24) is 14.1 Å². The van der Waals surface area contributed by atoms with Crippen LogP contribution in [0.5, 0.6) is 0 Å². The molecule has 0 aliphatic rings. The minimum Gasteiger partial charge on any atom is -0.379 e. The molecule has 0 spiro atoms. The van der Waals surface area contributed by atoms with Crippen LogP contribution < -0.4 is 0 Å². The maximum absolute atomic E-state index is 12.2. The van der Waals surface area contributed by atoms with Gasteiger partial charge in [-0.3, -0.25) is 4.68 Å². The zero-order chi connectivity index (χ0) is 13.8. The number of nitrogens with zero attached hydrogens (tertiary/aromatic N) is 3. The van der Waals surface area contributed by atoms with Crippen molar-refractivity contribution in [3.8, 4) is 0 Å². The Morgan fingerprint density at radius 1 is 1.50 bits per heavy atom. The molecule has 0 aromatic carbocycles. The number of alkyl halides is 1. The van der Waals surface area contributed by atoms with Crippen LogP contribution in [-0.2, 0) is 21.8 Å². The molecule has 0 saturated heterocycles. The Morgan fingerprint density at radius 3 is 2.67 bits per heavy atom. The second-order valence-electron chi connectivity index (χ2n) is 3.55. The molecule has 9 heteroatoms. The first kappa shape index (κ1) is 15.7.